The van der Waals surface area contributed by atoms with Crippen LogP contribution in [0.5, 0.6) is 0 Å². The maximum Gasteiger partial charge on any atom is 0.368 e. The summed E-state index contributed by atoms with van der Waals surface area (Å²) in [6.45, 7) is 5.48. The molecule has 25 heavy (non-hydrogen) atoms. The van der Waals surface area contributed by atoms with Crippen molar-refractivity contribution in [3.05, 3.63) is 40.8 Å². The van der Waals surface area contributed by atoms with E-state index >= 15 is 0 Å². The number of benzene rings is 1. The van der Waals surface area contributed by atoms with Crippen molar-refractivity contribution in [1.29, 1.82) is 0 Å². The highest BCUT2D eigenvalue weighted by atomic mass is 16.2. The normalized spacial score (nSPS) is 10.7. The maximum atomic E-state index is 12.4. The molecule has 0 spiro atoms. The van der Waals surface area contributed by atoms with E-state index in [9.17, 15) is 14.4 Å². The number of likely N-dealkylation sites (N-methyl/N-ethyl adjacent to an activating group) is 1. The lowest BCUT2D eigenvalue weighted by Crippen LogP contribution is -2.44. The molecule has 0 aliphatic rings. The van der Waals surface area contributed by atoms with Gasteiger partial charge in [-0.2, -0.15) is 9.36 Å². The number of tetrazole rings is 1. The first-order valence-corrected chi connectivity index (χ1v) is 8.07. The summed E-state index contributed by atoms with van der Waals surface area (Å²) in [4.78, 5) is 37.9. The summed E-state index contributed by atoms with van der Waals surface area (Å²) >= 11 is 0. The summed E-state index contributed by atoms with van der Waals surface area (Å²) in [5.41, 5.74) is 0.0529. The average Bonchev–Trinajstić information content (AvgIpc) is 2.93. The van der Waals surface area contributed by atoms with Crippen molar-refractivity contribution in [2.75, 3.05) is 13.1 Å². The Labute approximate surface area is 145 Å². The maximum absolute atomic E-state index is 12.4. The molecular formula is C16H22N6O3. The fourth-order valence-corrected chi connectivity index (χ4v) is 2.25. The predicted octanol–water partition coefficient (Wildman–Crippen LogP) is -0.198. The van der Waals surface area contributed by atoms with E-state index in [-0.39, 0.29) is 30.9 Å². The number of carbonyl (C=O) groups is 2. The van der Waals surface area contributed by atoms with Crippen molar-refractivity contribution in [3.8, 4) is 5.69 Å². The summed E-state index contributed by atoms with van der Waals surface area (Å²) < 4.78 is 2.10. The molecule has 0 aliphatic heterocycles. The highest BCUT2D eigenvalue weighted by Gasteiger charge is 2.19. The molecule has 2 aromatic rings. The van der Waals surface area contributed by atoms with Crippen LogP contribution in [0.25, 0.3) is 5.69 Å². The molecule has 0 saturated carbocycles. The largest absolute Gasteiger partial charge is 0.368 e. The predicted molar refractivity (Wildman–Crippen MR) is 91.2 cm³/mol. The molecule has 9 nitrogen and oxygen atoms in total. The molecule has 1 aromatic carbocycles. The van der Waals surface area contributed by atoms with Crippen molar-refractivity contribution in [3.63, 3.8) is 0 Å². The zero-order chi connectivity index (χ0) is 18.4. The minimum absolute atomic E-state index is 0.00491. The van der Waals surface area contributed by atoms with E-state index in [1.807, 2.05) is 19.9 Å². The van der Waals surface area contributed by atoms with Gasteiger partial charge in [0.25, 0.3) is 0 Å². The van der Waals surface area contributed by atoms with Crippen molar-refractivity contribution in [2.45, 2.75) is 33.4 Å². The van der Waals surface area contributed by atoms with Crippen LogP contribution in [-0.4, -0.2) is 55.6 Å². The van der Waals surface area contributed by atoms with Gasteiger partial charge in [-0.3, -0.25) is 9.59 Å². The first-order chi connectivity index (χ1) is 11.9. The lowest BCUT2D eigenvalue weighted by molar-refractivity contribution is -0.136. The Balaban J connectivity index is 2.08. The second-order valence-corrected chi connectivity index (χ2v) is 5.80. The van der Waals surface area contributed by atoms with E-state index < -0.39 is 5.69 Å². The van der Waals surface area contributed by atoms with E-state index in [2.05, 4.69) is 15.7 Å². The van der Waals surface area contributed by atoms with Crippen LogP contribution >= 0.6 is 0 Å². The number of nitrogens with one attached hydrogen (secondary N) is 1. The monoisotopic (exact) mass is 346 g/mol. The smallest absolute Gasteiger partial charge is 0.352 e. The van der Waals surface area contributed by atoms with Crippen LogP contribution in [0.1, 0.15) is 20.8 Å². The SMILES string of the molecule is CCN(CC(=O)NC(C)C)C(=O)Cn1nnn(-c2ccccc2)c1=O. The Hall–Kier alpha value is -2.97. The first-order valence-electron chi connectivity index (χ1n) is 8.07. The fraction of sp³-hybridized carbons (Fsp3) is 0.438. The van der Waals surface area contributed by atoms with Gasteiger partial charge in [0.1, 0.15) is 6.54 Å². The van der Waals surface area contributed by atoms with Gasteiger partial charge in [-0.25, -0.2) is 4.79 Å². The van der Waals surface area contributed by atoms with Crippen molar-refractivity contribution < 1.29 is 9.59 Å². The quantitative estimate of drug-likeness (QED) is 0.748. The van der Waals surface area contributed by atoms with Gasteiger partial charge in [-0.1, -0.05) is 18.2 Å². The Bertz CT molecular complexity index is 781. The summed E-state index contributed by atoms with van der Waals surface area (Å²) in [6.07, 6.45) is 0. The zero-order valence-electron chi connectivity index (χ0n) is 14.5. The van der Waals surface area contributed by atoms with Crippen LogP contribution in [0.2, 0.25) is 0 Å². The van der Waals surface area contributed by atoms with Gasteiger partial charge in [0, 0.05) is 12.6 Å². The minimum atomic E-state index is -0.512. The highest BCUT2D eigenvalue weighted by molar-refractivity contribution is 5.84. The summed E-state index contributed by atoms with van der Waals surface area (Å²) in [5, 5.41) is 10.3. The van der Waals surface area contributed by atoms with Crippen LogP contribution in [0.4, 0.5) is 0 Å². The molecule has 0 bridgehead atoms. The molecule has 9 heteroatoms. The topological polar surface area (TPSA) is 102 Å². The second-order valence-electron chi connectivity index (χ2n) is 5.80. The van der Waals surface area contributed by atoms with Crippen LogP contribution in [0.3, 0.4) is 0 Å². The molecule has 134 valence electrons. The Kier molecular flexibility index (Phi) is 6.04. The molecule has 2 rings (SSSR count). The van der Waals surface area contributed by atoms with Gasteiger partial charge in [-0.15, -0.1) is 0 Å². The van der Waals surface area contributed by atoms with Crippen molar-refractivity contribution in [2.24, 2.45) is 0 Å². The van der Waals surface area contributed by atoms with Gasteiger partial charge in [-0.05, 0) is 43.3 Å². The molecule has 0 radical (unpaired) electrons. The summed E-state index contributed by atoms with van der Waals surface area (Å²) in [7, 11) is 0. The van der Waals surface area contributed by atoms with E-state index in [4.69, 9.17) is 0 Å². The van der Waals surface area contributed by atoms with E-state index in [0.29, 0.717) is 12.2 Å². The number of amides is 2. The molecule has 0 unspecified atom stereocenters. The second kappa shape index (κ2) is 8.22. The number of hydrogen-bond donors (Lipinski definition) is 1. The third kappa shape index (κ3) is 4.75. The summed E-state index contributed by atoms with van der Waals surface area (Å²) in [6, 6.07) is 8.81. The molecule has 1 aromatic heterocycles. The number of aromatic nitrogens is 4. The average molecular weight is 346 g/mol. The van der Waals surface area contributed by atoms with E-state index in [0.717, 1.165) is 9.36 Å². The number of para-hydroxylation sites is 1. The van der Waals surface area contributed by atoms with Crippen LogP contribution in [-0.2, 0) is 16.1 Å². The molecule has 2 amide bonds. The van der Waals surface area contributed by atoms with Crippen molar-refractivity contribution >= 4 is 11.8 Å². The summed E-state index contributed by atoms with van der Waals surface area (Å²) in [5.74, 6) is -0.617. The molecule has 1 N–H and O–H groups in total. The molecule has 0 saturated heterocycles. The molecule has 0 atom stereocenters. The number of nitrogens with zero attached hydrogens (tertiary/aromatic N) is 5. The van der Waals surface area contributed by atoms with E-state index in [1.165, 1.54) is 4.90 Å². The van der Waals surface area contributed by atoms with Crippen LogP contribution in [0, 0.1) is 0 Å². The van der Waals surface area contributed by atoms with Gasteiger partial charge in [0.05, 0.1) is 12.2 Å². The molecular weight excluding hydrogens is 324 g/mol. The van der Waals surface area contributed by atoms with E-state index in [1.54, 1.807) is 31.2 Å². The Morgan fingerprint density at radius 2 is 1.88 bits per heavy atom. The van der Waals surface area contributed by atoms with Crippen LogP contribution in [0.15, 0.2) is 35.1 Å². The standard InChI is InChI=1S/C16H22N6O3/c1-4-20(10-14(23)17-12(2)3)15(24)11-21-16(25)22(19-18-21)13-8-6-5-7-9-13/h5-9,12H,4,10-11H2,1-3H3,(H,17,23). The van der Waals surface area contributed by atoms with Gasteiger partial charge in [0.15, 0.2) is 0 Å². The van der Waals surface area contributed by atoms with Gasteiger partial charge < -0.3 is 10.2 Å². The number of hydrogen-bond acceptors (Lipinski definition) is 5. The lowest BCUT2D eigenvalue weighted by atomic mass is 10.3. The third-order valence-corrected chi connectivity index (χ3v) is 3.44. The minimum Gasteiger partial charge on any atom is -0.352 e. The first kappa shape index (κ1) is 18.4. The number of rotatable bonds is 7. The van der Waals surface area contributed by atoms with Crippen LogP contribution < -0.4 is 11.0 Å². The van der Waals surface area contributed by atoms with Gasteiger partial charge in [0.2, 0.25) is 11.8 Å². The number of carbonyl (C=O) groups excluding carboxylic acids is 2. The Morgan fingerprint density at radius 3 is 2.48 bits per heavy atom. The van der Waals surface area contributed by atoms with Gasteiger partial charge >= 0.3 is 5.69 Å². The molecule has 0 aliphatic carbocycles. The zero-order valence-corrected chi connectivity index (χ0v) is 14.5. The molecule has 0 fully saturated rings. The fourth-order valence-electron chi connectivity index (χ4n) is 2.25. The Morgan fingerprint density at radius 1 is 1.20 bits per heavy atom. The molecule has 1 heterocycles. The lowest BCUT2D eigenvalue weighted by Gasteiger charge is -2.20. The third-order valence-electron chi connectivity index (χ3n) is 3.44. The highest BCUT2D eigenvalue weighted by Crippen LogP contribution is 2.01. The van der Waals surface area contributed by atoms with Crippen molar-refractivity contribution in [1.82, 2.24) is 30.0 Å².